The van der Waals surface area contributed by atoms with Gasteiger partial charge in [0.2, 0.25) is 6.39 Å². The van der Waals surface area contributed by atoms with Gasteiger partial charge in [-0.05, 0) is 18.2 Å². The van der Waals surface area contributed by atoms with Gasteiger partial charge in [-0.25, -0.2) is 0 Å². The molecular formula is C11H11ClN4O2. The normalized spacial score (nSPS) is 10.3. The lowest BCUT2D eigenvalue weighted by Gasteiger charge is -2.05. The number of anilines is 1. The van der Waals surface area contributed by atoms with Gasteiger partial charge in [0.25, 0.3) is 5.91 Å². The van der Waals surface area contributed by atoms with Crippen LogP contribution in [0.2, 0.25) is 5.02 Å². The Morgan fingerprint density at radius 2 is 2.33 bits per heavy atom. The molecule has 94 valence electrons. The van der Waals surface area contributed by atoms with Crippen molar-refractivity contribution in [1.29, 1.82) is 0 Å². The van der Waals surface area contributed by atoms with Crippen LogP contribution >= 0.6 is 11.6 Å². The maximum Gasteiger partial charge on any atom is 0.251 e. The van der Waals surface area contributed by atoms with Gasteiger partial charge in [-0.3, -0.25) is 4.79 Å². The summed E-state index contributed by atoms with van der Waals surface area (Å²) in [5, 5.41) is 6.79. The summed E-state index contributed by atoms with van der Waals surface area (Å²) >= 11 is 5.77. The van der Waals surface area contributed by atoms with Gasteiger partial charge in [-0.1, -0.05) is 16.8 Å². The van der Waals surface area contributed by atoms with Gasteiger partial charge in [-0.15, -0.1) is 0 Å². The van der Waals surface area contributed by atoms with Crippen LogP contribution in [0.4, 0.5) is 5.69 Å². The molecule has 0 aliphatic rings. The molecule has 0 unspecified atom stereocenters. The van der Waals surface area contributed by atoms with E-state index in [0.29, 0.717) is 35.1 Å². The van der Waals surface area contributed by atoms with Gasteiger partial charge in [0.05, 0.1) is 10.7 Å². The van der Waals surface area contributed by atoms with Crippen molar-refractivity contribution in [1.82, 2.24) is 15.5 Å². The van der Waals surface area contributed by atoms with Crippen molar-refractivity contribution in [2.45, 2.75) is 6.42 Å². The zero-order valence-electron chi connectivity index (χ0n) is 9.39. The summed E-state index contributed by atoms with van der Waals surface area (Å²) in [7, 11) is 0. The van der Waals surface area contributed by atoms with Crippen LogP contribution in [0, 0.1) is 0 Å². The van der Waals surface area contributed by atoms with Gasteiger partial charge < -0.3 is 15.6 Å². The van der Waals surface area contributed by atoms with Crippen molar-refractivity contribution in [3.63, 3.8) is 0 Å². The standard InChI is InChI=1S/C11H11ClN4O2/c12-8-2-1-7(5-9(8)13)11(17)14-4-3-10-15-6-18-16-10/h1-2,5-6H,3-4,13H2,(H,14,17). The van der Waals surface area contributed by atoms with Crippen LogP contribution < -0.4 is 11.1 Å². The van der Waals surface area contributed by atoms with E-state index >= 15 is 0 Å². The molecule has 1 aromatic carbocycles. The fraction of sp³-hybridized carbons (Fsp3) is 0.182. The Morgan fingerprint density at radius 1 is 1.50 bits per heavy atom. The Balaban J connectivity index is 1.89. The summed E-state index contributed by atoms with van der Waals surface area (Å²) in [4.78, 5) is 15.6. The predicted molar refractivity (Wildman–Crippen MR) is 66.2 cm³/mol. The highest BCUT2D eigenvalue weighted by molar-refractivity contribution is 6.33. The van der Waals surface area contributed by atoms with E-state index in [2.05, 4.69) is 20.0 Å². The van der Waals surface area contributed by atoms with E-state index in [1.807, 2.05) is 0 Å². The van der Waals surface area contributed by atoms with Gasteiger partial charge in [0.1, 0.15) is 0 Å². The highest BCUT2D eigenvalue weighted by Crippen LogP contribution is 2.19. The molecule has 0 fully saturated rings. The van der Waals surface area contributed by atoms with Crippen molar-refractivity contribution >= 4 is 23.2 Å². The number of carbonyl (C=O) groups is 1. The first-order valence-corrected chi connectivity index (χ1v) is 5.63. The summed E-state index contributed by atoms with van der Waals surface area (Å²) in [5.41, 5.74) is 6.46. The molecule has 1 heterocycles. The molecule has 0 atom stereocenters. The number of rotatable bonds is 4. The van der Waals surface area contributed by atoms with E-state index in [9.17, 15) is 4.79 Å². The molecule has 0 aliphatic heterocycles. The van der Waals surface area contributed by atoms with Crippen LogP contribution in [-0.2, 0) is 6.42 Å². The monoisotopic (exact) mass is 266 g/mol. The van der Waals surface area contributed by atoms with E-state index in [4.69, 9.17) is 17.3 Å². The lowest BCUT2D eigenvalue weighted by Crippen LogP contribution is -2.26. The molecule has 2 rings (SSSR count). The van der Waals surface area contributed by atoms with Crippen LogP contribution in [0.3, 0.4) is 0 Å². The Hall–Kier alpha value is -2.08. The number of benzene rings is 1. The minimum absolute atomic E-state index is 0.220. The molecule has 0 radical (unpaired) electrons. The average molecular weight is 267 g/mol. The number of aromatic nitrogens is 2. The minimum atomic E-state index is -0.220. The van der Waals surface area contributed by atoms with E-state index in [1.165, 1.54) is 12.5 Å². The van der Waals surface area contributed by atoms with Crippen LogP contribution in [-0.4, -0.2) is 22.6 Å². The lowest BCUT2D eigenvalue weighted by atomic mass is 10.2. The van der Waals surface area contributed by atoms with E-state index < -0.39 is 0 Å². The van der Waals surface area contributed by atoms with Crippen LogP contribution in [0.15, 0.2) is 29.1 Å². The number of halogens is 1. The molecule has 1 amide bonds. The van der Waals surface area contributed by atoms with Gasteiger partial charge >= 0.3 is 0 Å². The van der Waals surface area contributed by atoms with Crippen molar-refractivity contribution in [3.8, 4) is 0 Å². The zero-order valence-corrected chi connectivity index (χ0v) is 10.1. The zero-order chi connectivity index (χ0) is 13.0. The number of hydrogen-bond acceptors (Lipinski definition) is 5. The molecule has 18 heavy (non-hydrogen) atoms. The second-order valence-corrected chi connectivity index (χ2v) is 4.00. The molecule has 0 spiro atoms. The number of hydrogen-bond donors (Lipinski definition) is 2. The van der Waals surface area contributed by atoms with Gasteiger partial charge in [-0.2, -0.15) is 4.98 Å². The first-order chi connectivity index (χ1) is 8.66. The number of nitrogens with two attached hydrogens (primary N) is 1. The number of nitrogens with one attached hydrogen (secondary N) is 1. The summed E-state index contributed by atoms with van der Waals surface area (Å²) < 4.78 is 4.58. The van der Waals surface area contributed by atoms with Crippen LogP contribution in [0.5, 0.6) is 0 Å². The SMILES string of the molecule is Nc1cc(C(=O)NCCc2ncon2)ccc1Cl. The lowest BCUT2D eigenvalue weighted by molar-refractivity contribution is 0.0954. The molecule has 6 nitrogen and oxygen atoms in total. The molecule has 0 aliphatic carbocycles. The second-order valence-electron chi connectivity index (χ2n) is 3.59. The first kappa shape index (κ1) is 12.4. The number of carbonyl (C=O) groups excluding carboxylic acids is 1. The Morgan fingerprint density at radius 3 is 3.00 bits per heavy atom. The van der Waals surface area contributed by atoms with Gasteiger partial charge in [0.15, 0.2) is 5.82 Å². The Bertz CT molecular complexity index is 542. The quantitative estimate of drug-likeness (QED) is 0.813. The molecular weight excluding hydrogens is 256 g/mol. The third-order valence-corrected chi connectivity index (χ3v) is 2.64. The smallest absolute Gasteiger partial charge is 0.251 e. The summed E-state index contributed by atoms with van der Waals surface area (Å²) in [5.74, 6) is 0.327. The topological polar surface area (TPSA) is 94.0 Å². The highest BCUT2D eigenvalue weighted by Gasteiger charge is 2.07. The van der Waals surface area contributed by atoms with Crippen molar-refractivity contribution in [2.24, 2.45) is 0 Å². The largest absolute Gasteiger partial charge is 0.398 e. The first-order valence-electron chi connectivity index (χ1n) is 5.25. The third-order valence-electron chi connectivity index (χ3n) is 2.30. The molecule has 1 aromatic heterocycles. The van der Waals surface area contributed by atoms with Crippen LogP contribution in [0.1, 0.15) is 16.2 Å². The highest BCUT2D eigenvalue weighted by atomic mass is 35.5. The van der Waals surface area contributed by atoms with Crippen molar-refractivity contribution in [2.75, 3.05) is 12.3 Å². The number of nitrogens with zero attached hydrogens (tertiary/aromatic N) is 2. The second kappa shape index (κ2) is 5.50. The molecule has 0 saturated heterocycles. The fourth-order valence-corrected chi connectivity index (χ4v) is 1.50. The predicted octanol–water partition coefficient (Wildman–Crippen LogP) is 1.28. The molecule has 7 heteroatoms. The summed E-state index contributed by atoms with van der Waals surface area (Å²) in [6.45, 7) is 0.418. The van der Waals surface area contributed by atoms with E-state index in [0.717, 1.165) is 0 Å². The average Bonchev–Trinajstić information content (AvgIpc) is 2.85. The third kappa shape index (κ3) is 2.98. The number of nitrogen functional groups attached to an aromatic ring is 1. The molecule has 0 saturated carbocycles. The summed E-state index contributed by atoms with van der Waals surface area (Å²) in [6.07, 6.45) is 1.75. The van der Waals surface area contributed by atoms with Gasteiger partial charge in [0, 0.05) is 18.5 Å². The van der Waals surface area contributed by atoms with Crippen LogP contribution in [0.25, 0.3) is 0 Å². The number of amides is 1. The molecule has 3 N–H and O–H groups in total. The summed E-state index contributed by atoms with van der Waals surface area (Å²) in [6, 6.07) is 4.74. The molecule has 2 aromatic rings. The maximum atomic E-state index is 11.8. The van der Waals surface area contributed by atoms with E-state index in [1.54, 1.807) is 12.1 Å². The maximum absolute atomic E-state index is 11.8. The Labute approximate surface area is 108 Å². The minimum Gasteiger partial charge on any atom is -0.398 e. The van der Waals surface area contributed by atoms with E-state index in [-0.39, 0.29) is 5.91 Å². The fourth-order valence-electron chi connectivity index (χ4n) is 1.38. The van der Waals surface area contributed by atoms with Crippen molar-refractivity contribution in [3.05, 3.63) is 41.0 Å². The molecule has 0 bridgehead atoms. The Kier molecular flexibility index (Phi) is 3.78. The van der Waals surface area contributed by atoms with Crippen molar-refractivity contribution < 1.29 is 9.32 Å².